The molecule has 0 aliphatic carbocycles. The lowest BCUT2D eigenvalue weighted by Gasteiger charge is -2.37. The molecule has 1 aromatic carbocycles. The molecule has 0 amide bonds. The molecule has 2 rings (SSSR count). The first kappa shape index (κ1) is 14.3. The molecule has 0 saturated carbocycles. The van der Waals surface area contributed by atoms with E-state index < -0.39 is 5.97 Å². The second-order valence-corrected chi connectivity index (χ2v) is 5.35. The summed E-state index contributed by atoms with van der Waals surface area (Å²) >= 11 is 0. The van der Waals surface area contributed by atoms with Crippen LogP contribution >= 0.6 is 0 Å². The van der Waals surface area contributed by atoms with Gasteiger partial charge in [0.15, 0.2) is 0 Å². The van der Waals surface area contributed by atoms with Crippen molar-refractivity contribution in [1.82, 2.24) is 0 Å². The van der Waals surface area contributed by atoms with Gasteiger partial charge in [-0.3, -0.25) is 14.9 Å². The van der Waals surface area contributed by atoms with E-state index in [-0.39, 0.29) is 22.6 Å². The first-order chi connectivity index (χ1) is 9.40. The highest BCUT2D eigenvalue weighted by atomic mass is 16.6. The van der Waals surface area contributed by atoms with Crippen LogP contribution in [0.2, 0.25) is 0 Å². The number of hydrogen-bond donors (Lipinski definition) is 1. The van der Waals surface area contributed by atoms with E-state index in [4.69, 9.17) is 5.11 Å². The first-order valence-electron chi connectivity index (χ1n) is 6.64. The third-order valence-electron chi connectivity index (χ3n) is 3.86. The summed E-state index contributed by atoms with van der Waals surface area (Å²) < 4.78 is 0. The number of nitrogens with zero attached hydrogens (tertiary/aromatic N) is 2. The van der Waals surface area contributed by atoms with Gasteiger partial charge in [-0.05, 0) is 38.3 Å². The van der Waals surface area contributed by atoms with Crippen molar-refractivity contribution >= 4 is 17.3 Å². The smallest absolute Gasteiger partial charge is 0.306 e. The van der Waals surface area contributed by atoms with Crippen LogP contribution in [0.1, 0.15) is 25.3 Å². The summed E-state index contributed by atoms with van der Waals surface area (Å²) in [5.74, 6) is -1.14. The van der Waals surface area contributed by atoms with Crippen molar-refractivity contribution in [3.63, 3.8) is 0 Å². The van der Waals surface area contributed by atoms with Crippen molar-refractivity contribution < 1.29 is 14.8 Å². The normalized spacial score (nSPS) is 22.6. The monoisotopic (exact) mass is 278 g/mol. The second kappa shape index (κ2) is 5.48. The molecule has 1 aromatic rings. The van der Waals surface area contributed by atoms with Crippen LogP contribution in [0.3, 0.4) is 0 Å². The number of carboxylic acids is 1. The Balaban J connectivity index is 2.30. The van der Waals surface area contributed by atoms with E-state index in [0.717, 1.165) is 5.56 Å². The molecule has 108 valence electrons. The lowest BCUT2D eigenvalue weighted by Crippen LogP contribution is -2.43. The third-order valence-corrected chi connectivity index (χ3v) is 3.86. The zero-order valence-corrected chi connectivity index (χ0v) is 11.6. The molecule has 0 radical (unpaired) electrons. The Kier molecular flexibility index (Phi) is 3.92. The van der Waals surface area contributed by atoms with Crippen molar-refractivity contribution in [2.45, 2.75) is 32.7 Å². The van der Waals surface area contributed by atoms with E-state index in [1.165, 1.54) is 6.07 Å². The highest BCUT2D eigenvalue weighted by Crippen LogP contribution is 2.35. The summed E-state index contributed by atoms with van der Waals surface area (Å²) in [6, 6.07) is 5.01. The van der Waals surface area contributed by atoms with E-state index in [1.54, 1.807) is 12.1 Å². The molecule has 1 aliphatic heterocycles. The zero-order chi connectivity index (χ0) is 14.9. The van der Waals surface area contributed by atoms with Crippen molar-refractivity contribution in [2.24, 2.45) is 5.92 Å². The van der Waals surface area contributed by atoms with Crippen LogP contribution < -0.4 is 4.90 Å². The van der Waals surface area contributed by atoms with Gasteiger partial charge in [-0.2, -0.15) is 0 Å². The zero-order valence-electron chi connectivity index (χ0n) is 11.6. The molecule has 0 bridgehead atoms. The van der Waals surface area contributed by atoms with Crippen LogP contribution in [0.4, 0.5) is 11.4 Å². The summed E-state index contributed by atoms with van der Waals surface area (Å²) in [5, 5.41) is 20.2. The van der Waals surface area contributed by atoms with Gasteiger partial charge in [-0.1, -0.05) is 6.07 Å². The second-order valence-electron chi connectivity index (χ2n) is 5.35. The SMILES string of the molecule is Cc1ccc([N+](=O)[O-])c(N2CCC(C(=O)O)CC2C)c1. The molecule has 1 N–H and O–H groups in total. The maximum Gasteiger partial charge on any atom is 0.306 e. The van der Waals surface area contributed by atoms with Gasteiger partial charge in [-0.15, -0.1) is 0 Å². The summed E-state index contributed by atoms with van der Waals surface area (Å²) in [6.45, 7) is 4.34. The number of anilines is 1. The first-order valence-corrected chi connectivity index (χ1v) is 6.64. The molecular formula is C14H18N2O4. The Bertz CT molecular complexity index is 544. The molecule has 0 aromatic heterocycles. The Hall–Kier alpha value is -2.11. The van der Waals surface area contributed by atoms with Gasteiger partial charge in [0, 0.05) is 18.7 Å². The summed E-state index contributed by atoms with van der Waals surface area (Å²) in [5.41, 5.74) is 1.63. The van der Waals surface area contributed by atoms with Gasteiger partial charge in [0.05, 0.1) is 10.8 Å². The molecule has 0 spiro atoms. The summed E-state index contributed by atoms with van der Waals surface area (Å²) in [6.07, 6.45) is 1.03. The minimum atomic E-state index is -0.782. The number of rotatable bonds is 3. The molecule has 6 nitrogen and oxygen atoms in total. The molecule has 1 aliphatic rings. The Morgan fingerprint density at radius 1 is 1.50 bits per heavy atom. The third kappa shape index (κ3) is 2.74. The number of carbonyl (C=O) groups is 1. The number of benzene rings is 1. The molecule has 1 heterocycles. The number of nitro groups is 1. The summed E-state index contributed by atoms with van der Waals surface area (Å²) in [4.78, 5) is 23.8. The average Bonchev–Trinajstić information content (AvgIpc) is 2.37. The molecule has 6 heteroatoms. The maximum atomic E-state index is 11.1. The fourth-order valence-corrected chi connectivity index (χ4v) is 2.77. The minimum absolute atomic E-state index is 0.0228. The van der Waals surface area contributed by atoms with E-state index in [2.05, 4.69) is 0 Å². The number of aliphatic carboxylic acids is 1. The number of piperidine rings is 1. The Labute approximate surface area is 117 Å². The highest BCUT2D eigenvalue weighted by molar-refractivity contribution is 5.71. The average molecular weight is 278 g/mol. The van der Waals surface area contributed by atoms with E-state index in [9.17, 15) is 14.9 Å². The topological polar surface area (TPSA) is 83.7 Å². The molecular weight excluding hydrogens is 260 g/mol. The predicted molar refractivity (Wildman–Crippen MR) is 75.0 cm³/mol. The molecule has 1 fully saturated rings. The van der Waals surface area contributed by atoms with Crippen LogP contribution in [0.5, 0.6) is 0 Å². The lowest BCUT2D eigenvalue weighted by molar-refractivity contribution is -0.384. The van der Waals surface area contributed by atoms with Crippen molar-refractivity contribution in [1.29, 1.82) is 0 Å². The van der Waals surface area contributed by atoms with Crippen molar-refractivity contribution in [2.75, 3.05) is 11.4 Å². The van der Waals surface area contributed by atoms with Gasteiger partial charge >= 0.3 is 5.97 Å². The lowest BCUT2D eigenvalue weighted by atomic mass is 9.91. The minimum Gasteiger partial charge on any atom is -0.481 e. The highest BCUT2D eigenvalue weighted by Gasteiger charge is 2.32. The molecule has 2 unspecified atom stereocenters. The fraction of sp³-hybridized carbons (Fsp3) is 0.500. The quantitative estimate of drug-likeness (QED) is 0.678. The van der Waals surface area contributed by atoms with E-state index >= 15 is 0 Å². The van der Waals surface area contributed by atoms with Gasteiger partial charge in [0.2, 0.25) is 0 Å². The maximum absolute atomic E-state index is 11.1. The van der Waals surface area contributed by atoms with Crippen molar-refractivity contribution in [3.8, 4) is 0 Å². The van der Waals surface area contributed by atoms with Gasteiger partial charge < -0.3 is 10.0 Å². The van der Waals surface area contributed by atoms with E-state index in [1.807, 2.05) is 18.7 Å². The predicted octanol–water partition coefficient (Wildman–Crippen LogP) is 2.59. The van der Waals surface area contributed by atoms with E-state index in [0.29, 0.717) is 25.1 Å². The van der Waals surface area contributed by atoms with Crippen LogP contribution in [0, 0.1) is 23.0 Å². The number of nitro benzene ring substituents is 1. The molecule has 20 heavy (non-hydrogen) atoms. The van der Waals surface area contributed by atoms with Crippen LogP contribution in [0.25, 0.3) is 0 Å². The van der Waals surface area contributed by atoms with Gasteiger partial charge in [0.1, 0.15) is 5.69 Å². The van der Waals surface area contributed by atoms with Crippen LogP contribution in [0.15, 0.2) is 18.2 Å². The number of hydrogen-bond acceptors (Lipinski definition) is 4. The number of aryl methyl sites for hydroxylation is 1. The largest absolute Gasteiger partial charge is 0.481 e. The van der Waals surface area contributed by atoms with Crippen molar-refractivity contribution in [3.05, 3.63) is 33.9 Å². The van der Waals surface area contributed by atoms with Crippen LogP contribution in [-0.2, 0) is 4.79 Å². The molecule has 1 saturated heterocycles. The van der Waals surface area contributed by atoms with Gasteiger partial charge in [0.25, 0.3) is 5.69 Å². The Morgan fingerprint density at radius 3 is 2.75 bits per heavy atom. The fourth-order valence-electron chi connectivity index (χ4n) is 2.77. The van der Waals surface area contributed by atoms with Crippen LogP contribution in [-0.4, -0.2) is 28.6 Å². The Morgan fingerprint density at radius 2 is 2.20 bits per heavy atom. The molecule has 2 atom stereocenters. The summed E-state index contributed by atoms with van der Waals surface area (Å²) in [7, 11) is 0. The number of carboxylic acid groups (broad SMARTS) is 1. The standard InChI is InChI=1S/C14H18N2O4/c1-9-3-4-12(16(19)20)13(7-9)15-6-5-11(14(17)18)8-10(15)2/h3-4,7,10-11H,5-6,8H2,1-2H3,(H,17,18). The van der Waals surface area contributed by atoms with Gasteiger partial charge in [-0.25, -0.2) is 0 Å².